The summed E-state index contributed by atoms with van der Waals surface area (Å²) in [5.74, 6) is 1.65. The maximum Gasteiger partial charge on any atom is 0.119 e. The Bertz CT molecular complexity index is 526. The minimum Gasteiger partial charge on any atom is -0.494 e. The van der Waals surface area contributed by atoms with Gasteiger partial charge < -0.3 is 10.1 Å². The third kappa shape index (κ3) is 4.08. The zero-order valence-electron chi connectivity index (χ0n) is 12.4. The van der Waals surface area contributed by atoms with Crippen LogP contribution in [0.2, 0.25) is 0 Å². The summed E-state index contributed by atoms with van der Waals surface area (Å²) in [6.45, 7) is 1.89. The molecule has 0 spiro atoms. The van der Waals surface area contributed by atoms with Crippen molar-refractivity contribution in [2.24, 2.45) is 0 Å². The molecular formula is C19H23NO. The summed E-state index contributed by atoms with van der Waals surface area (Å²) in [7, 11) is 0. The van der Waals surface area contributed by atoms with Crippen LogP contribution in [0.25, 0.3) is 0 Å². The van der Waals surface area contributed by atoms with Crippen molar-refractivity contribution in [1.29, 1.82) is 0 Å². The van der Waals surface area contributed by atoms with Gasteiger partial charge in [0, 0.05) is 6.04 Å². The van der Waals surface area contributed by atoms with E-state index < -0.39 is 0 Å². The third-order valence-electron chi connectivity index (χ3n) is 4.24. The average Bonchev–Trinajstić information content (AvgIpc) is 2.57. The van der Waals surface area contributed by atoms with Gasteiger partial charge >= 0.3 is 0 Å². The van der Waals surface area contributed by atoms with Crippen molar-refractivity contribution in [1.82, 2.24) is 5.32 Å². The van der Waals surface area contributed by atoms with Crippen LogP contribution in [0.5, 0.6) is 5.75 Å². The van der Waals surface area contributed by atoms with E-state index in [0.717, 1.165) is 25.3 Å². The van der Waals surface area contributed by atoms with E-state index in [0.29, 0.717) is 12.0 Å². The Balaban J connectivity index is 1.48. The summed E-state index contributed by atoms with van der Waals surface area (Å²) < 4.78 is 5.81. The molecule has 0 radical (unpaired) electrons. The number of ether oxygens (including phenoxy) is 1. The fourth-order valence-electron chi connectivity index (χ4n) is 3.09. The second-order valence-corrected chi connectivity index (χ2v) is 5.73. The molecule has 2 nitrogen and oxygen atoms in total. The Morgan fingerprint density at radius 1 is 0.952 bits per heavy atom. The predicted octanol–water partition coefficient (Wildman–Crippen LogP) is 3.99. The van der Waals surface area contributed by atoms with Crippen molar-refractivity contribution in [2.75, 3.05) is 13.2 Å². The standard InChI is InChI=1S/C19H23NO/c1-3-7-16(8-4-1)17-11-13-20-18(15-17)12-14-21-19-9-5-2-6-10-19/h1-10,17-18,20H,11-15H2. The highest BCUT2D eigenvalue weighted by atomic mass is 16.5. The number of benzene rings is 2. The maximum absolute atomic E-state index is 5.81. The SMILES string of the molecule is c1ccc(OCCC2CC(c3ccccc3)CCN2)cc1. The minimum absolute atomic E-state index is 0.563. The molecule has 1 fully saturated rings. The highest BCUT2D eigenvalue weighted by Crippen LogP contribution is 2.28. The van der Waals surface area contributed by atoms with E-state index in [-0.39, 0.29) is 0 Å². The second kappa shape index (κ2) is 7.28. The summed E-state index contributed by atoms with van der Waals surface area (Å²) in [4.78, 5) is 0. The van der Waals surface area contributed by atoms with Crippen molar-refractivity contribution in [3.63, 3.8) is 0 Å². The first-order valence-corrected chi connectivity index (χ1v) is 7.88. The van der Waals surface area contributed by atoms with Gasteiger partial charge in [-0.15, -0.1) is 0 Å². The van der Waals surface area contributed by atoms with Gasteiger partial charge in [0.2, 0.25) is 0 Å². The average molecular weight is 281 g/mol. The number of piperidine rings is 1. The maximum atomic E-state index is 5.81. The Kier molecular flexibility index (Phi) is 4.90. The summed E-state index contributed by atoms with van der Waals surface area (Å²) in [5.41, 5.74) is 1.48. The normalized spacial score (nSPS) is 21.9. The Hall–Kier alpha value is -1.80. The summed E-state index contributed by atoms with van der Waals surface area (Å²) in [5, 5.41) is 3.63. The van der Waals surface area contributed by atoms with Crippen LogP contribution in [0.15, 0.2) is 60.7 Å². The Labute approximate surface area is 127 Å². The van der Waals surface area contributed by atoms with Gasteiger partial charge in [-0.1, -0.05) is 48.5 Å². The van der Waals surface area contributed by atoms with Gasteiger partial charge in [-0.25, -0.2) is 0 Å². The lowest BCUT2D eigenvalue weighted by molar-refractivity contribution is 0.259. The second-order valence-electron chi connectivity index (χ2n) is 5.73. The summed E-state index contributed by atoms with van der Waals surface area (Å²) in [6.07, 6.45) is 3.51. The molecule has 0 aromatic heterocycles. The zero-order chi connectivity index (χ0) is 14.3. The van der Waals surface area contributed by atoms with Crippen molar-refractivity contribution in [2.45, 2.75) is 31.2 Å². The molecule has 21 heavy (non-hydrogen) atoms. The fraction of sp³-hybridized carbons (Fsp3) is 0.368. The van der Waals surface area contributed by atoms with Crippen LogP contribution in [0.1, 0.15) is 30.7 Å². The number of nitrogens with one attached hydrogen (secondary N) is 1. The van der Waals surface area contributed by atoms with Crippen LogP contribution in [-0.4, -0.2) is 19.2 Å². The molecule has 0 saturated carbocycles. The van der Waals surface area contributed by atoms with Crippen molar-refractivity contribution in [3.8, 4) is 5.75 Å². The molecule has 1 aliphatic rings. The lowest BCUT2D eigenvalue weighted by atomic mass is 9.85. The summed E-state index contributed by atoms with van der Waals surface area (Å²) in [6, 6.07) is 21.5. The molecule has 1 heterocycles. The van der Waals surface area contributed by atoms with E-state index in [1.807, 2.05) is 30.3 Å². The smallest absolute Gasteiger partial charge is 0.119 e. The quantitative estimate of drug-likeness (QED) is 0.894. The van der Waals surface area contributed by atoms with E-state index in [1.54, 1.807) is 0 Å². The first-order valence-electron chi connectivity index (χ1n) is 7.88. The number of para-hydroxylation sites is 1. The van der Waals surface area contributed by atoms with Gasteiger partial charge in [0.05, 0.1) is 6.61 Å². The molecule has 0 aliphatic carbocycles. The van der Waals surface area contributed by atoms with Gasteiger partial charge in [-0.05, 0) is 49.4 Å². The first-order chi connectivity index (χ1) is 10.4. The Morgan fingerprint density at radius 2 is 1.67 bits per heavy atom. The van der Waals surface area contributed by atoms with Crippen molar-refractivity contribution >= 4 is 0 Å². The monoisotopic (exact) mass is 281 g/mol. The van der Waals surface area contributed by atoms with Gasteiger partial charge in [-0.2, -0.15) is 0 Å². The van der Waals surface area contributed by atoms with Crippen LogP contribution < -0.4 is 10.1 Å². The molecule has 2 unspecified atom stereocenters. The molecule has 1 N–H and O–H groups in total. The van der Waals surface area contributed by atoms with Gasteiger partial charge in [0.1, 0.15) is 5.75 Å². The fourth-order valence-corrected chi connectivity index (χ4v) is 3.09. The van der Waals surface area contributed by atoms with Crippen LogP contribution in [0, 0.1) is 0 Å². The van der Waals surface area contributed by atoms with E-state index in [1.165, 1.54) is 18.4 Å². The van der Waals surface area contributed by atoms with Crippen LogP contribution in [0.3, 0.4) is 0 Å². The molecule has 0 bridgehead atoms. The molecular weight excluding hydrogens is 258 g/mol. The van der Waals surface area contributed by atoms with Crippen molar-refractivity contribution < 1.29 is 4.74 Å². The van der Waals surface area contributed by atoms with E-state index in [9.17, 15) is 0 Å². The minimum atomic E-state index is 0.563. The lowest BCUT2D eigenvalue weighted by Crippen LogP contribution is -2.38. The van der Waals surface area contributed by atoms with Gasteiger partial charge in [0.25, 0.3) is 0 Å². The molecule has 2 heteroatoms. The van der Waals surface area contributed by atoms with E-state index in [2.05, 4.69) is 35.6 Å². The molecule has 2 aromatic rings. The highest BCUT2D eigenvalue weighted by Gasteiger charge is 2.22. The molecule has 1 saturated heterocycles. The first kappa shape index (κ1) is 14.2. The molecule has 110 valence electrons. The van der Waals surface area contributed by atoms with Crippen LogP contribution >= 0.6 is 0 Å². The van der Waals surface area contributed by atoms with E-state index in [4.69, 9.17) is 4.74 Å². The largest absolute Gasteiger partial charge is 0.494 e. The summed E-state index contributed by atoms with van der Waals surface area (Å²) >= 11 is 0. The molecule has 2 atom stereocenters. The Morgan fingerprint density at radius 3 is 2.43 bits per heavy atom. The van der Waals surface area contributed by atoms with Gasteiger partial charge in [-0.3, -0.25) is 0 Å². The van der Waals surface area contributed by atoms with Crippen LogP contribution in [-0.2, 0) is 0 Å². The van der Waals surface area contributed by atoms with E-state index >= 15 is 0 Å². The molecule has 3 rings (SSSR count). The van der Waals surface area contributed by atoms with Crippen LogP contribution in [0.4, 0.5) is 0 Å². The number of hydrogen-bond donors (Lipinski definition) is 1. The topological polar surface area (TPSA) is 21.3 Å². The molecule has 2 aromatic carbocycles. The lowest BCUT2D eigenvalue weighted by Gasteiger charge is -2.30. The van der Waals surface area contributed by atoms with Crippen molar-refractivity contribution in [3.05, 3.63) is 66.2 Å². The number of rotatable bonds is 5. The number of hydrogen-bond acceptors (Lipinski definition) is 2. The van der Waals surface area contributed by atoms with Gasteiger partial charge in [0.15, 0.2) is 0 Å². The molecule has 1 aliphatic heterocycles. The third-order valence-corrected chi connectivity index (χ3v) is 4.24. The predicted molar refractivity (Wildman–Crippen MR) is 86.8 cm³/mol. The highest BCUT2D eigenvalue weighted by molar-refractivity contribution is 5.21. The molecule has 0 amide bonds. The zero-order valence-corrected chi connectivity index (χ0v) is 12.4.